The maximum atomic E-state index is 13.1. The number of para-hydroxylation sites is 1. The lowest BCUT2D eigenvalue weighted by atomic mass is 9.99. The van der Waals surface area contributed by atoms with Crippen LogP contribution < -0.4 is 9.21 Å². The summed E-state index contributed by atoms with van der Waals surface area (Å²) in [6.07, 6.45) is 1.88. The van der Waals surface area contributed by atoms with Gasteiger partial charge in [0.05, 0.1) is 10.6 Å². The van der Waals surface area contributed by atoms with Gasteiger partial charge in [-0.05, 0) is 67.8 Å². The van der Waals surface area contributed by atoms with Crippen LogP contribution in [0, 0.1) is 6.92 Å². The Hall–Kier alpha value is -3.12. The molecule has 6 heteroatoms. The maximum Gasteiger partial charge on any atom is 0.264 e. The molecule has 0 aliphatic carbocycles. The minimum absolute atomic E-state index is 0.111. The van der Waals surface area contributed by atoms with Crippen molar-refractivity contribution in [2.75, 3.05) is 22.8 Å². The van der Waals surface area contributed by atoms with Gasteiger partial charge >= 0.3 is 0 Å². The van der Waals surface area contributed by atoms with Gasteiger partial charge in [-0.2, -0.15) is 0 Å². The topological polar surface area (TPSA) is 57.7 Å². The number of sulfonamides is 1. The monoisotopic (exact) mass is 420 g/mol. The second-order valence-corrected chi connectivity index (χ2v) is 9.49. The first-order chi connectivity index (χ1) is 14.4. The van der Waals surface area contributed by atoms with E-state index in [2.05, 4.69) is 6.07 Å². The molecule has 0 spiro atoms. The fourth-order valence-corrected chi connectivity index (χ4v) is 4.99. The van der Waals surface area contributed by atoms with Gasteiger partial charge in [-0.1, -0.05) is 35.9 Å². The van der Waals surface area contributed by atoms with Crippen LogP contribution in [0.1, 0.15) is 27.9 Å². The summed E-state index contributed by atoms with van der Waals surface area (Å²) in [5, 5.41) is 0. The Balaban J connectivity index is 1.59. The Morgan fingerprint density at radius 1 is 0.967 bits per heavy atom. The third kappa shape index (κ3) is 3.71. The van der Waals surface area contributed by atoms with Crippen LogP contribution >= 0.6 is 0 Å². The van der Waals surface area contributed by atoms with Crippen LogP contribution in [-0.4, -0.2) is 27.9 Å². The number of anilines is 2. The highest BCUT2D eigenvalue weighted by Crippen LogP contribution is 2.30. The molecule has 0 saturated carbocycles. The van der Waals surface area contributed by atoms with Crippen LogP contribution in [0.4, 0.5) is 11.4 Å². The van der Waals surface area contributed by atoms with Gasteiger partial charge in [-0.3, -0.25) is 9.10 Å². The molecule has 0 fully saturated rings. The van der Waals surface area contributed by atoms with E-state index in [1.54, 1.807) is 41.3 Å². The van der Waals surface area contributed by atoms with Gasteiger partial charge in [0.2, 0.25) is 0 Å². The summed E-state index contributed by atoms with van der Waals surface area (Å²) in [6, 6.07) is 21.2. The predicted octanol–water partition coefficient (Wildman–Crippen LogP) is 4.41. The molecule has 3 aromatic carbocycles. The minimum Gasteiger partial charge on any atom is -0.308 e. The zero-order chi connectivity index (χ0) is 21.3. The van der Waals surface area contributed by atoms with Crippen LogP contribution in [0.3, 0.4) is 0 Å². The number of carbonyl (C=O) groups is 1. The third-order valence-corrected chi connectivity index (χ3v) is 7.28. The lowest BCUT2D eigenvalue weighted by Crippen LogP contribution is -2.35. The van der Waals surface area contributed by atoms with Crippen LogP contribution in [0.2, 0.25) is 0 Å². The number of hydrogen-bond donors (Lipinski definition) is 0. The van der Waals surface area contributed by atoms with E-state index in [0.717, 1.165) is 18.5 Å². The number of amides is 1. The van der Waals surface area contributed by atoms with E-state index in [0.29, 0.717) is 17.8 Å². The Kier molecular flexibility index (Phi) is 5.35. The van der Waals surface area contributed by atoms with Gasteiger partial charge in [0.25, 0.3) is 15.9 Å². The minimum atomic E-state index is -3.70. The zero-order valence-electron chi connectivity index (χ0n) is 17.1. The average molecular weight is 421 g/mol. The molecule has 30 heavy (non-hydrogen) atoms. The number of benzene rings is 3. The molecule has 154 valence electrons. The number of aryl methyl sites for hydroxylation is 2. The second kappa shape index (κ2) is 7.95. The molecule has 5 nitrogen and oxygen atoms in total. The molecule has 0 aromatic heterocycles. The number of hydrogen-bond acceptors (Lipinski definition) is 3. The molecule has 3 aromatic rings. The van der Waals surface area contributed by atoms with Crippen LogP contribution in [0.25, 0.3) is 0 Å². The fourth-order valence-electron chi connectivity index (χ4n) is 3.80. The summed E-state index contributed by atoms with van der Waals surface area (Å²) in [7, 11) is -2.18. The highest BCUT2D eigenvalue weighted by atomic mass is 32.2. The molecule has 1 aliphatic rings. The lowest BCUT2D eigenvalue weighted by Gasteiger charge is -2.30. The van der Waals surface area contributed by atoms with Crippen molar-refractivity contribution in [3.8, 4) is 0 Å². The van der Waals surface area contributed by atoms with E-state index in [1.165, 1.54) is 34.6 Å². The van der Waals surface area contributed by atoms with E-state index in [1.807, 2.05) is 25.1 Å². The summed E-state index contributed by atoms with van der Waals surface area (Å²) >= 11 is 0. The summed E-state index contributed by atoms with van der Waals surface area (Å²) < 4.78 is 27.1. The second-order valence-electron chi connectivity index (χ2n) is 7.52. The number of fused-ring (bicyclic) bond motifs is 1. The van der Waals surface area contributed by atoms with Crippen LogP contribution in [-0.2, 0) is 16.4 Å². The normalized spacial score (nSPS) is 13.6. The molecule has 1 amide bonds. The summed E-state index contributed by atoms with van der Waals surface area (Å²) in [6.45, 7) is 2.71. The predicted molar refractivity (Wildman–Crippen MR) is 120 cm³/mol. The van der Waals surface area contributed by atoms with E-state index in [-0.39, 0.29) is 10.8 Å². The lowest BCUT2D eigenvalue weighted by molar-refractivity contribution is 0.0985. The Morgan fingerprint density at radius 2 is 1.67 bits per heavy atom. The van der Waals surface area contributed by atoms with Crippen LogP contribution in [0.5, 0.6) is 0 Å². The van der Waals surface area contributed by atoms with E-state index in [4.69, 9.17) is 0 Å². The van der Waals surface area contributed by atoms with Gasteiger partial charge in [0.1, 0.15) is 0 Å². The first-order valence-corrected chi connectivity index (χ1v) is 11.4. The molecule has 0 unspecified atom stereocenters. The third-order valence-electron chi connectivity index (χ3n) is 5.48. The highest BCUT2D eigenvalue weighted by Gasteiger charge is 2.25. The number of rotatable bonds is 4. The molecule has 4 rings (SSSR count). The zero-order valence-corrected chi connectivity index (χ0v) is 17.9. The standard InChI is InChI=1S/C24H24N2O3S/c1-18-10-15-23-20(17-18)7-6-16-26(23)24(27)19-11-13-22(14-12-19)30(28,29)25(2)21-8-4-3-5-9-21/h3-5,8-15,17H,6-7,16H2,1-2H3. The van der Waals surface area contributed by atoms with Gasteiger partial charge in [-0.25, -0.2) is 8.42 Å². The quantitative estimate of drug-likeness (QED) is 0.628. The van der Waals surface area contributed by atoms with Gasteiger partial charge < -0.3 is 4.90 Å². The summed E-state index contributed by atoms with van der Waals surface area (Å²) in [5.74, 6) is -0.111. The first-order valence-electron chi connectivity index (χ1n) is 9.93. The molecule has 0 bridgehead atoms. The van der Waals surface area contributed by atoms with Crippen molar-refractivity contribution in [3.05, 3.63) is 89.5 Å². The van der Waals surface area contributed by atoms with Crippen molar-refractivity contribution in [1.82, 2.24) is 0 Å². The van der Waals surface area contributed by atoms with Crippen molar-refractivity contribution in [3.63, 3.8) is 0 Å². The van der Waals surface area contributed by atoms with Crippen molar-refractivity contribution in [2.45, 2.75) is 24.7 Å². The summed E-state index contributed by atoms with van der Waals surface area (Å²) in [4.78, 5) is 15.1. The molecular weight excluding hydrogens is 396 g/mol. The molecule has 1 heterocycles. The molecule has 0 atom stereocenters. The first kappa shape index (κ1) is 20.2. The van der Waals surface area contributed by atoms with Crippen molar-refractivity contribution < 1.29 is 13.2 Å². The highest BCUT2D eigenvalue weighted by molar-refractivity contribution is 7.92. The SMILES string of the molecule is Cc1ccc2c(c1)CCCN2C(=O)c1ccc(S(=O)(=O)N(C)c2ccccc2)cc1. The smallest absolute Gasteiger partial charge is 0.264 e. The Morgan fingerprint density at radius 3 is 2.37 bits per heavy atom. The van der Waals surface area contributed by atoms with Crippen molar-refractivity contribution in [1.29, 1.82) is 0 Å². The van der Waals surface area contributed by atoms with Crippen LogP contribution in [0.15, 0.2) is 77.7 Å². The van der Waals surface area contributed by atoms with Gasteiger partial charge in [0.15, 0.2) is 0 Å². The van der Waals surface area contributed by atoms with E-state index >= 15 is 0 Å². The maximum absolute atomic E-state index is 13.1. The summed E-state index contributed by atoms with van der Waals surface area (Å²) in [5.41, 5.74) is 4.36. The Bertz CT molecular complexity index is 1170. The molecule has 0 saturated heterocycles. The number of carbonyl (C=O) groups excluding carboxylic acids is 1. The molecule has 1 aliphatic heterocycles. The fraction of sp³-hybridized carbons (Fsp3) is 0.208. The largest absolute Gasteiger partial charge is 0.308 e. The van der Waals surface area contributed by atoms with Gasteiger partial charge in [-0.15, -0.1) is 0 Å². The molecular formula is C24H24N2O3S. The van der Waals surface area contributed by atoms with Crippen molar-refractivity contribution >= 4 is 27.3 Å². The molecule has 0 N–H and O–H groups in total. The Labute approximate surface area is 177 Å². The van der Waals surface area contributed by atoms with E-state index < -0.39 is 10.0 Å². The molecule has 0 radical (unpaired) electrons. The number of nitrogens with zero attached hydrogens (tertiary/aromatic N) is 2. The van der Waals surface area contributed by atoms with Crippen molar-refractivity contribution in [2.24, 2.45) is 0 Å². The van der Waals surface area contributed by atoms with E-state index in [9.17, 15) is 13.2 Å². The van der Waals surface area contributed by atoms with Gasteiger partial charge in [0, 0.05) is 24.8 Å². The average Bonchev–Trinajstić information content (AvgIpc) is 2.78.